The fourth-order valence-electron chi connectivity index (χ4n) is 3.77. The van der Waals surface area contributed by atoms with Gasteiger partial charge in [-0.1, -0.05) is 24.3 Å². The molecule has 1 aliphatic heterocycles. The zero-order valence-corrected chi connectivity index (χ0v) is 17.4. The molecule has 0 saturated carbocycles. The molecule has 1 aliphatic rings. The number of carbonyl (C=O) groups is 1. The van der Waals surface area contributed by atoms with Gasteiger partial charge in [0.1, 0.15) is 11.6 Å². The highest BCUT2D eigenvalue weighted by molar-refractivity contribution is 5.78. The molecule has 7 heteroatoms. The zero-order valence-electron chi connectivity index (χ0n) is 17.4. The van der Waals surface area contributed by atoms with Gasteiger partial charge >= 0.3 is 0 Å². The maximum absolute atomic E-state index is 13.1. The van der Waals surface area contributed by atoms with Crippen molar-refractivity contribution >= 4 is 5.91 Å². The van der Waals surface area contributed by atoms with E-state index < -0.39 is 0 Å². The zero-order chi connectivity index (χ0) is 21.6. The van der Waals surface area contributed by atoms with Gasteiger partial charge in [-0.2, -0.15) is 0 Å². The van der Waals surface area contributed by atoms with E-state index in [1.165, 1.54) is 12.1 Å². The van der Waals surface area contributed by atoms with Crippen molar-refractivity contribution in [3.8, 4) is 11.5 Å². The van der Waals surface area contributed by atoms with E-state index in [2.05, 4.69) is 4.98 Å². The molecule has 1 atom stereocenters. The Labute approximate surface area is 180 Å². The second-order valence-corrected chi connectivity index (χ2v) is 7.59. The van der Waals surface area contributed by atoms with Crippen molar-refractivity contribution in [2.24, 2.45) is 0 Å². The number of para-hydroxylation sites is 2. The number of aromatic nitrogens is 1. The monoisotopic (exact) mass is 424 g/mol. The van der Waals surface area contributed by atoms with Crippen LogP contribution < -0.4 is 9.47 Å². The smallest absolute Gasteiger partial charge is 0.260 e. The Morgan fingerprint density at radius 3 is 2.74 bits per heavy atom. The third-order valence-corrected chi connectivity index (χ3v) is 5.41. The van der Waals surface area contributed by atoms with Crippen molar-refractivity contribution < 1.29 is 23.1 Å². The molecule has 4 rings (SSSR count). The molecule has 0 radical (unpaired) electrons. The van der Waals surface area contributed by atoms with Crippen LogP contribution in [0.5, 0.6) is 11.5 Å². The minimum absolute atomic E-state index is 0.0471. The molecular formula is C24H25FN2O4. The van der Waals surface area contributed by atoms with E-state index in [0.717, 1.165) is 24.2 Å². The quantitative estimate of drug-likeness (QED) is 0.569. The molecule has 0 N–H and O–H groups in total. The number of carbonyl (C=O) groups excluding carboxylic acids is 1. The first kappa shape index (κ1) is 20.9. The third-order valence-electron chi connectivity index (χ3n) is 5.41. The second kappa shape index (κ2) is 9.64. The normalized spacial score (nSPS) is 16.2. The lowest BCUT2D eigenvalue weighted by Gasteiger charge is -2.31. The van der Waals surface area contributed by atoms with Gasteiger partial charge in [0.2, 0.25) is 0 Å². The van der Waals surface area contributed by atoms with Crippen molar-refractivity contribution in [3.05, 3.63) is 77.8 Å². The first-order valence-electron chi connectivity index (χ1n) is 10.3. The average molecular weight is 424 g/mol. The van der Waals surface area contributed by atoms with Gasteiger partial charge in [0.25, 0.3) is 5.91 Å². The fourth-order valence-corrected chi connectivity index (χ4v) is 3.77. The Kier molecular flexibility index (Phi) is 6.50. The van der Waals surface area contributed by atoms with Crippen LogP contribution in [0.15, 0.2) is 59.1 Å². The summed E-state index contributed by atoms with van der Waals surface area (Å²) >= 11 is 0. The predicted molar refractivity (Wildman–Crippen MR) is 113 cm³/mol. The molecule has 162 valence electrons. The van der Waals surface area contributed by atoms with E-state index in [9.17, 15) is 9.18 Å². The van der Waals surface area contributed by atoms with E-state index in [0.29, 0.717) is 36.9 Å². The van der Waals surface area contributed by atoms with Gasteiger partial charge in [0.15, 0.2) is 24.0 Å². The Bertz CT molecular complexity index is 1020. The van der Waals surface area contributed by atoms with Crippen LogP contribution in [0.4, 0.5) is 4.39 Å². The summed E-state index contributed by atoms with van der Waals surface area (Å²) in [4.78, 5) is 18.9. The molecule has 0 unspecified atom stereocenters. The number of ether oxygens (including phenoxy) is 2. The number of piperidine rings is 1. The first-order chi connectivity index (χ1) is 15.1. The summed E-state index contributed by atoms with van der Waals surface area (Å²) in [7, 11) is 1.57. The van der Waals surface area contributed by atoms with Gasteiger partial charge in [0, 0.05) is 19.5 Å². The lowest BCUT2D eigenvalue weighted by Crippen LogP contribution is -2.41. The van der Waals surface area contributed by atoms with E-state index in [1.807, 2.05) is 12.1 Å². The molecule has 1 fully saturated rings. The number of halogens is 1. The number of rotatable bonds is 7. The predicted octanol–water partition coefficient (Wildman–Crippen LogP) is 4.20. The topological polar surface area (TPSA) is 64.8 Å². The van der Waals surface area contributed by atoms with Gasteiger partial charge in [-0.15, -0.1) is 0 Å². The molecule has 0 spiro atoms. The molecule has 2 heterocycles. The number of likely N-dealkylation sites (tertiary alicyclic amines) is 1. The van der Waals surface area contributed by atoms with Crippen LogP contribution >= 0.6 is 0 Å². The second-order valence-electron chi connectivity index (χ2n) is 7.59. The molecule has 31 heavy (non-hydrogen) atoms. The van der Waals surface area contributed by atoms with Crippen LogP contribution in [0, 0.1) is 5.82 Å². The first-order valence-corrected chi connectivity index (χ1v) is 10.3. The highest BCUT2D eigenvalue weighted by Gasteiger charge is 2.28. The minimum atomic E-state index is -0.260. The average Bonchev–Trinajstić information content (AvgIpc) is 3.28. The number of oxazole rings is 1. The van der Waals surface area contributed by atoms with E-state index in [-0.39, 0.29) is 24.2 Å². The lowest BCUT2D eigenvalue weighted by molar-refractivity contribution is -0.134. The molecule has 1 aromatic heterocycles. The number of nitrogens with zero attached hydrogens (tertiary/aromatic N) is 2. The van der Waals surface area contributed by atoms with Crippen LogP contribution in [-0.4, -0.2) is 42.6 Å². The summed E-state index contributed by atoms with van der Waals surface area (Å²) < 4.78 is 30.0. The SMILES string of the molecule is COc1ccccc1OCC(=O)N1CCC[C@@H](c2ncc(Cc3ccc(F)cc3)o2)C1. The van der Waals surface area contributed by atoms with Gasteiger partial charge in [-0.25, -0.2) is 9.37 Å². The van der Waals surface area contributed by atoms with Gasteiger partial charge < -0.3 is 18.8 Å². The Balaban J connectivity index is 1.34. The lowest BCUT2D eigenvalue weighted by atomic mass is 9.98. The summed E-state index contributed by atoms with van der Waals surface area (Å²) in [5.41, 5.74) is 0.957. The van der Waals surface area contributed by atoms with Crippen LogP contribution in [0.2, 0.25) is 0 Å². The van der Waals surface area contributed by atoms with Gasteiger partial charge in [-0.3, -0.25) is 4.79 Å². The van der Waals surface area contributed by atoms with Crippen molar-refractivity contribution in [2.75, 3.05) is 26.8 Å². The number of benzene rings is 2. The largest absolute Gasteiger partial charge is 0.493 e. The summed E-state index contributed by atoms with van der Waals surface area (Å²) in [5, 5.41) is 0. The molecule has 0 bridgehead atoms. The molecule has 3 aromatic rings. The van der Waals surface area contributed by atoms with Crippen molar-refractivity contribution in [1.82, 2.24) is 9.88 Å². The summed E-state index contributed by atoms with van der Waals surface area (Å²) in [6.45, 7) is 1.19. The Morgan fingerprint density at radius 1 is 1.19 bits per heavy atom. The van der Waals surface area contributed by atoms with Crippen LogP contribution in [0.1, 0.15) is 36.0 Å². The molecule has 0 aliphatic carbocycles. The Hall–Kier alpha value is -3.35. The van der Waals surface area contributed by atoms with Crippen LogP contribution in [-0.2, 0) is 11.2 Å². The Morgan fingerprint density at radius 2 is 1.97 bits per heavy atom. The number of amides is 1. The minimum Gasteiger partial charge on any atom is -0.493 e. The van der Waals surface area contributed by atoms with Gasteiger partial charge in [0.05, 0.1) is 19.2 Å². The number of hydrogen-bond donors (Lipinski definition) is 0. The number of methoxy groups -OCH3 is 1. The highest BCUT2D eigenvalue weighted by Crippen LogP contribution is 2.28. The summed E-state index contributed by atoms with van der Waals surface area (Å²) in [5.74, 6) is 2.22. The van der Waals surface area contributed by atoms with Crippen molar-refractivity contribution in [2.45, 2.75) is 25.2 Å². The summed E-state index contributed by atoms with van der Waals surface area (Å²) in [6.07, 6.45) is 4.05. The van der Waals surface area contributed by atoms with E-state index >= 15 is 0 Å². The fraction of sp³-hybridized carbons (Fsp3) is 0.333. The third kappa shape index (κ3) is 5.23. The van der Waals surface area contributed by atoms with E-state index in [1.54, 1.807) is 42.5 Å². The maximum atomic E-state index is 13.1. The molecule has 6 nitrogen and oxygen atoms in total. The molecular weight excluding hydrogens is 399 g/mol. The highest BCUT2D eigenvalue weighted by atomic mass is 19.1. The number of hydrogen-bond acceptors (Lipinski definition) is 5. The van der Waals surface area contributed by atoms with E-state index in [4.69, 9.17) is 13.9 Å². The van der Waals surface area contributed by atoms with Crippen LogP contribution in [0.25, 0.3) is 0 Å². The maximum Gasteiger partial charge on any atom is 0.260 e. The van der Waals surface area contributed by atoms with Crippen molar-refractivity contribution in [1.29, 1.82) is 0 Å². The van der Waals surface area contributed by atoms with Gasteiger partial charge in [-0.05, 0) is 42.7 Å². The van der Waals surface area contributed by atoms with Crippen LogP contribution in [0.3, 0.4) is 0 Å². The molecule has 2 aromatic carbocycles. The summed E-state index contributed by atoms with van der Waals surface area (Å²) in [6, 6.07) is 13.6. The standard InChI is InChI=1S/C24H25FN2O4/c1-29-21-6-2-3-7-22(21)30-16-23(28)27-12-4-5-18(15-27)24-26-14-20(31-24)13-17-8-10-19(25)11-9-17/h2-3,6-11,14,18H,4-5,12-13,15-16H2,1H3/t18-/m1/s1. The molecule has 1 amide bonds. The molecule has 1 saturated heterocycles. The van der Waals surface area contributed by atoms with Crippen molar-refractivity contribution in [3.63, 3.8) is 0 Å².